The molecule has 0 unspecified atom stereocenters. The molecule has 0 radical (unpaired) electrons. The third-order valence-corrected chi connectivity index (χ3v) is 8.26. The third-order valence-electron chi connectivity index (χ3n) is 7.05. The highest BCUT2D eigenvalue weighted by Crippen LogP contribution is 2.31. The van der Waals surface area contributed by atoms with Crippen LogP contribution in [0.1, 0.15) is 50.6 Å². The number of carbonyl (C=O) groups excluding carboxylic acids is 2. The summed E-state index contributed by atoms with van der Waals surface area (Å²) in [5.74, 6) is -3.38. The first-order valence-electron chi connectivity index (χ1n) is 13.1. The number of nitrogens with one attached hydrogen (secondary N) is 2. The second-order valence-corrected chi connectivity index (χ2v) is 11.8. The standard InChI is InChI=1S/C28H27F3N6O4S/c1-18-7-5-6-10-23(18)34-25-22(27(39)36-13-11-20(12-14-36)19-8-3-2-4-9-19)15-32-24-21(16-33-37(24)25)26(38)35-42(40,41)17-28(29,30)31/h2-10,15-16,20,34H,11-14,17H2,1H3,(H,35,38). The Morgan fingerprint density at radius 2 is 1.64 bits per heavy atom. The van der Waals surface area contributed by atoms with E-state index in [1.165, 1.54) is 21.0 Å². The highest BCUT2D eigenvalue weighted by molar-refractivity contribution is 7.90. The lowest BCUT2D eigenvalue weighted by molar-refractivity contribution is -0.106. The molecule has 42 heavy (non-hydrogen) atoms. The van der Waals surface area contributed by atoms with Gasteiger partial charge in [-0.05, 0) is 42.9 Å². The van der Waals surface area contributed by atoms with E-state index in [9.17, 15) is 31.2 Å². The van der Waals surface area contributed by atoms with Crippen molar-refractivity contribution in [2.75, 3.05) is 24.2 Å². The average molecular weight is 601 g/mol. The van der Waals surface area contributed by atoms with Crippen LogP contribution in [0.15, 0.2) is 67.0 Å². The second kappa shape index (κ2) is 11.4. The Morgan fingerprint density at radius 3 is 2.31 bits per heavy atom. The molecule has 10 nitrogen and oxygen atoms in total. The summed E-state index contributed by atoms with van der Waals surface area (Å²) in [6.07, 6.45) is -1.26. The van der Waals surface area contributed by atoms with Crippen LogP contribution in [-0.4, -0.2) is 64.7 Å². The van der Waals surface area contributed by atoms with Gasteiger partial charge in [0.05, 0.1) is 6.20 Å². The molecule has 1 saturated heterocycles. The summed E-state index contributed by atoms with van der Waals surface area (Å²) < 4.78 is 64.4. The van der Waals surface area contributed by atoms with Gasteiger partial charge in [-0.3, -0.25) is 9.59 Å². The maximum absolute atomic E-state index is 13.8. The van der Waals surface area contributed by atoms with Crippen molar-refractivity contribution in [3.8, 4) is 0 Å². The van der Waals surface area contributed by atoms with Gasteiger partial charge >= 0.3 is 6.18 Å². The topological polar surface area (TPSA) is 126 Å². The van der Waals surface area contributed by atoms with Gasteiger partial charge in [0, 0.05) is 25.0 Å². The molecule has 1 aliphatic rings. The molecule has 1 aliphatic heterocycles. The lowest BCUT2D eigenvalue weighted by Gasteiger charge is -2.32. The van der Waals surface area contributed by atoms with Crippen molar-refractivity contribution in [2.45, 2.75) is 31.9 Å². The number of halogens is 3. The van der Waals surface area contributed by atoms with Crippen molar-refractivity contribution >= 4 is 39.0 Å². The molecule has 0 saturated carbocycles. The summed E-state index contributed by atoms with van der Waals surface area (Å²) in [5.41, 5.74) is 2.32. The van der Waals surface area contributed by atoms with E-state index in [2.05, 4.69) is 27.5 Å². The number of fused-ring (bicyclic) bond motifs is 1. The minimum atomic E-state index is -5.04. The monoisotopic (exact) mass is 600 g/mol. The van der Waals surface area contributed by atoms with E-state index >= 15 is 0 Å². The van der Waals surface area contributed by atoms with Crippen LogP contribution in [0.25, 0.3) is 5.65 Å². The van der Waals surface area contributed by atoms with Crippen LogP contribution in [0, 0.1) is 6.92 Å². The van der Waals surface area contributed by atoms with E-state index in [0.29, 0.717) is 24.7 Å². The Morgan fingerprint density at radius 1 is 0.976 bits per heavy atom. The fourth-order valence-electron chi connectivity index (χ4n) is 4.97. The normalized spacial score (nSPS) is 14.6. The van der Waals surface area contributed by atoms with Gasteiger partial charge in [-0.1, -0.05) is 48.5 Å². The van der Waals surface area contributed by atoms with Crippen molar-refractivity contribution < 1.29 is 31.2 Å². The molecule has 220 valence electrons. The fourth-order valence-corrected chi connectivity index (χ4v) is 5.86. The number of para-hydroxylation sites is 1. The van der Waals surface area contributed by atoms with Crippen molar-refractivity contribution in [2.24, 2.45) is 0 Å². The van der Waals surface area contributed by atoms with E-state index in [0.717, 1.165) is 24.6 Å². The first-order valence-corrected chi connectivity index (χ1v) is 14.7. The van der Waals surface area contributed by atoms with Crippen molar-refractivity contribution in [1.82, 2.24) is 24.2 Å². The summed E-state index contributed by atoms with van der Waals surface area (Å²) in [4.78, 5) is 32.4. The molecule has 2 N–H and O–H groups in total. The number of rotatable bonds is 7. The summed E-state index contributed by atoms with van der Waals surface area (Å²) in [7, 11) is -5.02. The molecule has 2 aromatic carbocycles. The summed E-state index contributed by atoms with van der Waals surface area (Å²) >= 11 is 0. The number of alkyl halides is 3. The number of hydrogen-bond donors (Lipinski definition) is 2. The number of sulfonamides is 1. The predicted octanol–water partition coefficient (Wildman–Crippen LogP) is 4.42. The molecule has 0 spiro atoms. The van der Waals surface area contributed by atoms with Gasteiger partial charge in [0.15, 0.2) is 11.4 Å². The van der Waals surface area contributed by atoms with Gasteiger partial charge in [-0.15, -0.1) is 0 Å². The average Bonchev–Trinajstić information content (AvgIpc) is 3.38. The minimum absolute atomic E-state index is 0.148. The molecule has 2 aromatic heterocycles. The summed E-state index contributed by atoms with van der Waals surface area (Å²) in [5, 5.41) is 7.34. The first kappa shape index (κ1) is 29.0. The summed E-state index contributed by atoms with van der Waals surface area (Å²) in [6, 6.07) is 17.3. The maximum atomic E-state index is 13.8. The molecule has 0 atom stereocenters. The zero-order valence-corrected chi connectivity index (χ0v) is 23.2. The van der Waals surface area contributed by atoms with E-state index in [1.54, 1.807) is 17.0 Å². The minimum Gasteiger partial charge on any atom is -0.339 e. The van der Waals surface area contributed by atoms with Crippen molar-refractivity contribution in [1.29, 1.82) is 0 Å². The number of aromatic nitrogens is 3. The zero-order chi connectivity index (χ0) is 30.1. The highest BCUT2D eigenvalue weighted by atomic mass is 32.2. The lowest BCUT2D eigenvalue weighted by Crippen LogP contribution is -2.38. The number of hydrogen-bond acceptors (Lipinski definition) is 7. The molecule has 1 fully saturated rings. The highest BCUT2D eigenvalue weighted by Gasteiger charge is 2.37. The lowest BCUT2D eigenvalue weighted by atomic mass is 9.89. The Balaban J connectivity index is 1.47. The van der Waals surface area contributed by atoms with Crippen LogP contribution in [0.5, 0.6) is 0 Å². The number of anilines is 2. The molecular formula is C28H27F3N6O4S. The molecule has 14 heteroatoms. The quantitative estimate of drug-likeness (QED) is 0.322. The molecular weight excluding hydrogens is 573 g/mol. The van der Waals surface area contributed by atoms with E-state index in [1.807, 2.05) is 37.3 Å². The van der Waals surface area contributed by atoms with Crippen LogP contribution in [0.4, 0.5) is 24.7 Å². The first-order chi connectivity index (χ1) is 19.9. The number of aryl methyl sites for hydroxylation is 1. The van der Waals surface area contributed by atoms with Crippen molar-refractivity contribution in [3.63, 3.8) is 0 Å². The fraction of sp³-hybridized carbons (Fsp3) is 0.286. The predicted molar refractivity (Wildman–Crippen MR) is 149 cm³/mol. The molecule has 5 rings (SSSR count). The van der Waals surface area contributed by atoms with Crippen LogP contribution in [-0.2, 0) is 10.0 Å². The Bertz CT molecular complexity index is 1730. The second-order valence-electron chi connectivity index (χ2n) is 10.0. The number of carbonyl (C=O) groups is 2. The Kier molecular flexibility index (Phi) is 7.91. The Hall–Kier alpha value is -4.46. The Labute approximate surface area is 239 Å². The van der Waals surface area contributed by atoms with Gasteiger partial charge in [0.2, 0.25) is 10.0 Å². The van der Waals surface area contributed by atoms with E-state index in [-0.39, 0.29) is 28.5 Å². The van der Waals surface area contributed by atoms with Crippen LogP contribution in [0.2, 0.25) is 0 Å². The largest absolute Gasteiger partial charge is 0.404 e. The zero-order valence-electron chi connectivity index (χ0n) is 22.4. The van der Waals surface area contributed by atoms with Crippen LogP contribution in [0.3, 0.4) is 0 Å². The molecule has 4 aromatic rings. The number of likely N-dealkylation sites (tertiary alicyclic amines) is 1. The van der Waals surface area contributed by atoms with Crippen LogP contribution < -0.4 is 10.0 Å². The maximum Gasteiger partial charge on any atom is 0.404 e. The van der Waals surface area contributed by atoms with Crippen LogP contribution >= 0.6 is 0 Å². The number of piperidine rings is 1. The molecule has 2 amide bonds. The molecule has 3 heterocycles. The molecule has 0 bridgehead atoms. The smallest absolute Gasteiger partial charge is 0.339 e. The van der Waals surface area contributed by atoms with Gasteiger partial charge in [-0.25, -0.2) is 18.1 Å². The van der Waals surface area contributed by atoms with Crippen molar-refractivity contribution in [3.05, 3.63) is 89.2 Å². The van der Waals surface area contributed by atoms with Gasteiger partial charge in [0.1, 0.15) is 16.9 Å². The molecule has 0 aliphatic carbocycles. The van der Waals surface area contributed by atoms with Gasteiger partial charge in [0.25, 0.3) is 11.8 Å². The van der Waals surface area contributed by atoms with E-state index in [4.69, 9.17) is 0 Å². The van der Waals surface area contributed by atoms with E-state index < -0.39 is 27.9 Å². The SMILES string of the molecule is Cc1ccccc1Nc1c(C(=O)N2CCC(c3ccccc3)CC2)cnc2c(C(=O)NS(=O)(=O)CC(F)(F)F)cnn12. The van der Waals surface area contributed by atoms with Gasteiger partial charge in [-0.2, -0.15) is 22.8 Å². The third kappa shape index (κ3) is 6.38. The summed E-state index contributed by atoms with van der Waals surface area (Å²) in [6.45, 7) is 2.86. The van der Waals surface area contributed by atoms with Gasteiger partial charge < -0.3 is 10.2 Å². The number of amides is 2. The number of nitrogens with zero attached hydrogens (tertiary/aromatic N) is 4. The number of benzene rings is 2.